The maximum atomic E-state index is 12.2. The molecule has 5 heteroatoms. The molecule has 0 aromatic heterocycles. The minimum absolute atomic E-state index is 0.159. The van der Waals surface area contributed by atoms with E-state index in [0.717, 1.165) is 12.8 Å². The molecule has 0 aliphatic heterocycles. The van der Waals surface area contributed by atoms with Crippen LogP contribution in [0.2, 0.25) is 0 Å². The first kappa shape index (κ1) is 21.0. The molecule has 0 spiro atoms. The third-order valence-electron chi connectivity index (χ3n) is 4.83. The number of aliphatic hydroxyl groups excluding tert-OH is 2. The molecule has 0 radical (unpaired) electrons. The molecular formula is C19H34N2O3. The maximum absolute atomic E-state index is 12.2. The Hall–Kier alpha value is -1.09. The monoisotopic (exact) mass is 338 g/mol. The van der Waals surface area contributed by atoms with Crippen LogP contribution in [0, 0.1) is 24.2 Å². The summed E-state index contributed by atoms with van der Waals surface area (Å²) in [6.07, 6.45) is 10.5. The minimum Gasteiger partial charge on any atom is -0.390 e. The predicted octanol–water partition coefficient (Wildman–Crippen LogP) is 1.56. The van der Waals surface area contributed by atoms with E-state index in [0.29, 0.717) is 18.8 Å². The summed E-state index contributed by atoms with van der Waals surface area (Å²) in [6.45, 7) is 3.99. The lowest BCUT2D eigenvalue weighted by atomic mass is 9.82. The van der Waals surface area contributed by atoms with Crippen LogP contribution in [0.3, 0.4) is 0 Å². The van der Waals surface area contributed by atoms with Crippen molar-refractivity contribution < 1.29 is 15.0 Å². The summed E-state index contributed by atoms with van der Waals surface area (Å²) < 4.78 is 0. The molecule has 1 aliphatic carbocycles. The van der Waals surface area contributed by atoms with E-state index in [1.807, 2.05) is 13.8 Å². The van der Waals surface area contributed by atoms with Crippen molar-refractivity contribution in [1.29, 1.82) is 0 Å². The van der Waals surface area contributed by atoms with Crippen LogP contribution in [0.1, 0.15) is 65.2 Å². The van der Waals surface area contributed by atoms with Gasteiger partial charge in [-0.2, -0.15) is 0 Å². The highest BCUT2D eigenvalue weighted by Gasteiger charge is 2.31. The Morgan fingerprint density at radius 2 is 1.92 bits per heavy atom. The molecule has 1 saturated carbocycles. The minimum atomic E-state index is -0.990. The number of hydrogen-bond donors (Lipinski definition) is 4. The van der Waals surface area contributed by atoms with Gasteiger partial charge in [0.25, 0.3) is 0 Å². The SMILES string of the molecule is C#CCC(N)C(=O)N[C@@H](CC1CCCCC1)[C@@H](O)[C@@H](O)CC(C)C. The quantitative estimate of drug-likeness (QED) is 0.480. The topological polar surface area (TPSA) is 95.6 Å². The highest BCUT2D eigenvalue weighted by Crippen LogP contribution is 2.28. The molecule has 1 fully saturated rings. The zero-order valence-corrected chi connectivity index (χ0v) is 15.1. The van der Waals surface area contributed by atoms with Gasteiger partial charge in [0.1, 0.15) is 6.10 Å². The summed E-state index contributed by atoms with van der Waals surface area (Å²) in [7, 11) is 0. The van der Waals surface area contributed by atoms with Crippen LogP contribution in [-0.4, -0.2) is 40.4 Å². The fourth-order valence-corrected chi connectivity index (χ4v) is 3.47. The first-order valence-electron chi connectivity index (χ1n) is 9.20. The fraction of sp³-hybridized carbons (Fsp3) is 0.842. The highest BCUT2D eigenvalue weighted by molar-refractivity contribution is 5.82. The third kappa shape index (κ3) is 7.21. The number of nitrogens with one attached hydrogen (secondary N) is 1. The van der Waals surface area contributed by atoms with Crippen LogP contribution >= 0.6 is 0 Å². The van der Waals surface area contributed by atoms with Gasteiger partial charge < -0.3 is 21.3 Å². The van der Waals surface area contributed by atoms with Gasteiger partial charge in [-0.05, 0) is 24.7 Å². The molecule has 0 saturated heterocycles. The molecule has 1 amide bonds. The predicted molar refractivity (Wildman–Crippen MR) is 96.0 cm³/mol. The number of carbonyl (C=O) groups excluding carboxylic acids is 1. The summed E-state index contributed by atoms with van der Waals surface area (Å²) in [6, 6.07) is -1.27. The lowest BCUT2D eigenvalue weighted by Crippen LogP contribution is -2.53. The average molecular weight is 338 g/mol. The van der Waals surface area contributed by atoms with Crippen LogP contribution in [0.4, 0.5) is 0 Å². The van der Waals surface area contributed by atoms with Crippen molar-refractivity contribution >= 4 is 5.91 Å². The van der Waals surface area contributed by atoms with Crippen molar-refractivity contribution in [2.24, 2.45) is 17.6 Å². The standard InChI is InChI=1S/C19H34N2O3/c1-4-8-15(20)19(24)21-16(12-14-9-6-5-7-10-14)18(23)17(22)11-13(2)3/h1,13-18,22-23H,5-12,20H2,2-3H3,(H,21,24)/t15?,16-,17-,18+/m0/s1. The zero-order valence-electron chi connectivity index (χ0n) is 15.1. The second kappa shape index (κ2) is 10.7. The second-order valence-corrected chi connectivity index (χ2v) is 7.56. The van der Waals surface area contributed by atoms with E-state index in [4.69, 9.17) is 12.2 Å². The normalized spacial score (nSPS) is 20.9. The van der Waals surface area contributed by atoms with Crippen LogP contribution in [0.25, 0.3) is 0 Å². The second-order valence-electron chi connectivity index (χ2n) is 7.56. The molecule has 4 atom stereocenters. The fourth-order valence-electron chi connectivity index (χ4n) is 3.47. The molecule has 0 aromatic rings. The molecule has 0 bridgehead atoms. The number of rotatable bonds is 9. The first-order valence-corrected chi connectivity index (χ1v) is 9.20. The molecular weight excluding hydrogens is 304 g/mol. The molecule has 1 unspecified atom stereocenters. The number of aliphatic hydroxyl groups is 2. The summed E-state index contributed by atoms with van der Waals surface area (Å²) >= 11 is 0. The highest BCUT2D eigenvalue weighted by atomic mass is 16.3. The van der Waals surface area contributed by atoms with E-state index < -0.39 is 24.3 Å². The molecule has 1 rings (SSSR count). The summed E-state index contributed by atoms with van der Waals surface area (Å²) in [5, 5.41) is 23.7. The van der Waals surface area contributed by atoms with E-state index in [9.17, 15) is 15.0 Å². The number of terminal acetylenes is 1. The lowest BCUT2D eigenvalue weighted by Gasteiger charge is -2.33. The molecule has 5 nitrogen and oxygen atoms in total. The third-order valence-corrected chi connectivity index (χ3v) is 4.83. The van der Waals surface area contributed by atoms with E-state index in [-0.39, 0.29) is 18.2 Å². The Bertz CT molecular complexity index is 413. The van der Waals surface area contributed by atoms with E-state index >= 15 is 0 Å². The van der Waals surface area contributed by atoms with Crippen LogP contribution < -0.4 is 11.1 Å². The van der Waals surface area contributed by atoms with Crippen molar-refractivity contribution in [3.05, 3.63) is 0 Å². The smallest absolute Gasteiger partial charge is 0.238 e. The average Bonchev–Trinajstić information content (AvgIpc) is 2.54. The number of amides is 1. The van der Waals surface area contributed by atoms with Gasteiger partial charge in [0.15, 0.2) is 0 Å². The van der Waals surface area contributed by atoms with Crippen molar-refractivity contribution in [1.82, 2.24) is 5.32 Å². The Morgan fingerprint density at radius 1 is 1.29 bits per heavy atom. The van der Waals surface area contributed by atoms with Crippen molar-refractivity contribution in [3.63, 3.8) is 0 Å². The lowest BCUT2D eigenvalue weighted by molar-refractivity contribution is -0.125. The van der Waals surface area contributed by atoms with Crippen molar-refractivity contribution in [2.75, 3.05) is 0 Å². The largest absolute Gasteiger partial charge is 0.390 e. The molecule has 0 heterocycles. The van der Waals surface area contributed by atoms with Crippen molar-refractivity contribution in [3.8, 4) is 12.3 Å². The molecule has 1 aliphatic rings. The van der Waals surface area contributed by atoms with E-state index in [1.54, 1.807) is 0 Å². The molecule has 138 valence electrons. The van der Waals surface area contributed by atoms with Gasteiger partial charge in [-0.25, -0.2) is 0 Å². The molecule has 0 aromatic carbocycles. The van der Waals surface area contributed by atoms with E-state index in [1.165, 1.54) is 19.3 Å². The first-order chi connectivity index (χ1) is 11.3. The number of carbonyl (C=O) groups is 1. The summed E-state index contributed by atoms with van der Waals surface area (Å²) in [5.74, 6) is 2.76. The zero-order chi connectivity index (χ0) is 18.1. The van der Waals surface area contributed by atoms with Gasteiger partial charge in [0, 0.05) is 6.42 Å². The van der Waals surface area contributed by atoms with Gasteiger partial charge in [-0.1, -0.05) is 46.0 Å². The molecule has 5 N–H and O–H groups in total. The Kier molecular flexibility index (Phi) is 9.35. The van der Waals surface area contributed by atoms with Gasteiger partial charge in [-0.15, -0.1) is 12.3 Å². The summed E-state index contributed by atoms with van der Waals surface area (Å²) in [4.78, 5) is 12.2. The van der Waals surface area contributed by atoms with Crippen LogP contribution in [0.5, 0.6) is 0 Å². The Balaban J connectivity index is 2.73. The maximum Gasteiger partial charge on any atom is 0.238 e. The molecule has 24 heavy (non-hydrogen) atoms. The van der Waals surface area contributed by atoms with Crippen LogP contribution in [0.15, 0.2) is 0 Å². The van der Waals surface area contributed by atoms with Gasteiger partial charge in [-0.3, -0.25) is 4.79 Å². The van der Waals surface area contributed by atoms with Crippen molar-refractivity contribution in [2.45, 2.75) is 89.5 Å². The van der Waals surface area contributed by atoms with Gasteiger partial charge in [0.2, 0.25) is 5.91 Å². The van der Waals surface area contributed by atoms with Crippen LogP contribution in [-0.2, 0) is 4.79 Å². The van der Waals surface area contributed by atoms with Gasteiger partial charge in [0.05, 0.1) is 18.2 Å². The Morgan fingerprint density at radius 3 is 2.46 bits per heavy atom. The van der Waals surface area contributed by atoms with Gasteiger partial charge >= 0.3 is 0 Å². The number of hydrogen-bond acceptors (Lipinski definition) is 4. The Labute approximate surface area is 146 Å². The number of nitrogens with two attached hydrogens (primary N) is 1. The summed E-state index contributed by atoms with van der Waals surface area (Å²) in [5.41, 5.74) is 5.77. The van der Waals surface area contributed by atoms with E-state index in [2.05, 4.69) is 11.2 Å².